The number of hydrogen-bond acceptors (Lipinski definition) is 9. The van der Waals surface area contributed by atoms with Crippen LogP contribution in [-0.4, -0.2) is 34.8 Å². The Morgan fingerprint density at radius 2 is 2.03 bits per heavy atom. The molecule has 0 radical (unpaired) electrons. The maximum absolute atomic E-state index is 12.4. The summed E-state index contributed by atoms with van der Waals surface area (Å²) in [6.07, 6.45) is 0. The van der Waals surface area contributed by atoms with Crippen LogP contribution in [0.5, 0.6) is 11.5 Å². The molecule has 3 aromatic rings. The van der Waals surface area contributed by atoms with Gasteiger partial charge in [-0.1, -0.05) is 16.8 Å². The van der Waals surface area contributed by atoms with Crippen molar-refractivity contribution in [3.63, 3.8) is 0 Å². The Labute approximate surface area is 177 Å². The van der Waals surface area contributed by atoms with Crippen molar-refractivity contribution in [2.45, 2.75) is 13.2 Å². The summed E-state index contributed by atoms with van der Waals surface area (Å²) >= 11 is 5.88. The molecule has 0 atom stereocenters. The number of rotatable bonds is 8. The number of aromatic nitrogens is 2. The molecule has 0 aliphatic carbocycles. The van der Waals surface area contributed by atoms with E-state index in [2.05, 4.69) is 14.9 Å². The predicted octanol–water partition coefficient (Wildman–Crippen LogP) is 4.27. The Hall–Kier alpha value is -3.80. The summed E-state index contributed by atoms with van der Waals surface area (Å²) in [5, 5.41) is 14.3. The lowest BCUT2D eigenvalue weighted by molar-refractivity contribution is -0.384. The molecule has 10 nitrogen and oxygen atoms in total. The average molecular weight is 456 g/mol. The second-order valence-electron chi connectivity index (χ2n) is 5.75. The molecule has 31 heavy (non-hydrogen) atoms. The van der Waals surface area contributed by atoms with Gasteiger partial charge in [-0.15, -0.1) is 0 Å². The van der Waals surface area contributed by atoms with E-state index < -0.39 is 24.1 Å². The largest absolute Gasteiger partial charge is 0.493 e. The normalized spacial score (nSPS) is 10.7. The first-order chi connectivity index (χ1) is 14.8. The van der Waals surface area contributed by atoms with E-state index in [1.165, 1.54) is 25.3 Å². The highest BCUT2D eigenvalue weighted by Crippen LogP contribution is 2.32. The smallest absolute Gasteiger partial charge is 0.387 e. The van der Waals surface area contributed by atoms with E-state index in [9.17, 15) is 23.7 Å². The van der Waals surface area contributed by atoms with Crippen molar-refractivity contribution in [1.82, 2.24) is 10.1 Å². The lowest BCUT2D eigenvalue weighted by Gasteiger charge is -2.10. The Bertz CT molecular complexity index is 1120. The fourth-order valence-corrected chi connectivity index (χ4v) is 2.67. The molecule has 0 saturated heterocycles. The van der Waals surface area contributed by atoms with E-state index in [0.29, 0.717) is 5.56 Å². The summed E-state index contributed by atoms with van der Waals surface area (Å²) in [6.45, 7) is -3.42. The van der Waals surface area contributed by atoms with Gasteiger partial charge in [-0.2, -0.15) is 13.8 Å². The quantitative estimate of drug-likeness (QED) is 0.278. The number of nitro benzene ring substituents is 1. The van der Waals surface area contributed by atoms with Crippen molar-refractivity contribution in [1.29, 1.82) is 0 Å². The van der Waals surface area contributed by atoms with Crippen LogP contribution < -0.4 is 9.47 Å². The molecule has 2 aromatic carbocycles. The molecule has 0 unspecified atom stereocenters. The standard InChI is InChI=1S/C18H12ClF2N3O7/c1-28-14-6-9(2-5-13(14)30-18(20)21)16-22-15(31-23-16)8-29-17(25)11-4-3-10(24(26)27)7-12(11)19/h2-7,18H,8H2,1H3. The molecule has 0 amide bonds. The first-order valence-electron chi connectivity index (χ1n) is 8.35. The molecule has 13 heteroatoms. The zero-order valence-electron chi connectivity index (χ0n) is 15.6. The number of carbonyl (C=O) groups is 1. The van der Waals surface area contributed by atoms with Crippen LogP contribution in [0.4, 0.5) is 14.5 Å². The minimum absolute atomic E-state index is 0.0309. The van der Waals surface area contributed by atoms with Gasteiger partial charge in [-0.25, -0.2) is 4.79 Å². The van der Waals surface area contributed by atoms with Gasteiger partial charge in [0.1, 0.15) is 0 Å². The molecule has 3 rings (SSSR count). The summed E-state index contributed by atoms with van der Waals surface area (Å²) in [5.41, 5.74) is 0.0213. The van der Waals surface area contributed by atoms with Crippen molar-refractivity contribution < 1.29 is 37.2 Å². The fraction of sp³-hybridized carbons (Fsp3) is 0.167. The van der Waals surface area contributed by atoms with Crippen LogP contribution in [0.1, 0.15) is 16.2 Å². The zero-order chi connectivity index (χ0) is 22.5. The van der Waals surface area contributed by atoms with E-state index in [1.807, 2.05) is 0 Å². The van der Waals surface area contributed by atoms with Crippen LogP contribution in [0.3, 0.4) is 0 Å². The molecule has 1 heterocycles. The Kier molecular flexibility index (Phi) is 6.60. The maximum Gasteiger partial charge on any atom is 0.387 e. The van der Waals surface area contributed by atoms with E-state index in [-0.39, 0.29) is 39.5 Å². The molecule has 0 spiro atoms. The van der Waals surface area contributed by atoms with Crippen LogP contribution >= 0.6 is 11.6 Å². The van der Waals surface area contributed by atoms with Gasteiger partial charge in [0.05, 0.1) is 22.6 Å². The summed E-state index contributed by atoms with van der Waals surface area (Å²) in [4.78, 5) is 26.3. The minimum Gasteiger partial charge on any atom is -0.493 e. The molecular formula is C18H12ClF2N3O7. The van der Waals surface area contributed by atoms with Gasteiger partial charge in [-0.3, -0.25) is 10.1 Å². The molecule has 0 bridgehead atoms. The first-order valence-corrected chi connectivity index (χ1v) is 8.73. The second-order valence-corrected chi connectivity index (χ2v) is 6.16. The number of non-ortho nitro benzene ring substituents is 1. The van der Waals surface area contributed by atoms with Gasteiger partial charge in [0.2, 0.25) is 5.82 Å². The fourth-order valence-electron chi connectivity index (χ4n) is 2.42. The van der Waals surface area contributed by atoms with E-state index in [4.69, 9.17) is 25.6 Å². The minimum atomic E-state index is -3.02. The topological polar surface area (TPSA) is 127 Å². The lowest BCUT2D eigenvalue weighted by atomic mass is 10.2. The van der Waals surface area contributed by atoms with Gasteiger partial charge >= 0.3 is 12.6 Å². The van der Waals surface area contributed by atoms with Gasteiger partial charge in [-0.05, 0) is 24.3 Å². The number of carbonyl (C=O) groups excluding carboxylic acids is 1. The second kappa shape index (κ2) is 9.34. The molecule has 162 valence electrons. The Morgan fingerprint density at radius 1 is 1.26 bits per heavy atom. The van der Waals surface area contributed by atoms with Gasteiger partial charge in [0.25, 0.3) is 11.6 Å². The first kappa shape index (κ1) is 21.9. The molecule has 0 aliphatic heterocycles. The molecule has 0 saturated carbocycles. The Morgan fingerprint density at radius 3 is 2.68 bits per heavy atom. The molecular weight excluding hydrogens is 444 g/mol. The number of ether oxygens (including phenoxy) is 3. The molecule has 0 N–H and O–H groups in total. The highest BCUT2D eigenvalue weighted by atomic mass is 35.5. The van der Waals surface area contributed by atoms with Gasteiger partial charge in [0.15, 0.2) is 18.1 Å². The van der Waals surface area contributed by atoms with Crippen LogP contribution in [-0.2, 0) is 11.3 Å². The number of benzene rings is 2. The number of halogens is 3. The number of esters is 1. The van der Waals surface area contributed by atoms with Crippen molar-refractivity contribution in [3.8, 4) is 22.9 Å². The monoisotopic (exact) mass is 455 g/mol. The van der Waals surface area contributed by atoms with E-state index >= 15 is 0 Å². The van der Waals surface area contributed by atoms with E-state index in [1.54, 1.807) is 0 Å². The van der Waals surface area contributed by atoms with Gasteiger partial charge in [0, 0.05) is 17.7 Å². The predicted molar refractivity (Wildman–Crippen MR) is 100 cm³/mol. The summed E-state index contributed by atoms with van der Waals surface area (Å²) < 4.78 is 44.2. The van der Waals surface area contributed by atoms with Crippen LogP contribution in [0.15, 0.2) is 40.9 Å². The maximum atomic E-state index is 12.4. The summed E-state index contributed by atoms with van der Waals surface area (Å²) in [7, 11) is 1.28. The average Bonchev–Trinajstić information content (AvgIpc) is 3.20. The lowest BCUT2D eigenvalue weighted by Crippen LogP contribution is -2.06. The van der Waals surface area contributed by atoms with Crippen LogP contribution in [0.25, 0.3) is 11.4 Å². The number of hydrogen-bond donors (Lipinski definition) is 0. The van der Waals surface area contributed by atoms with Crippen LogP contribution in [0.2, 0.25) is 5.02 Å². The van der Waals surface area contributed by atoms with Crippen molar-refractivity contribution in [2.24, 2.45) is 0 Å². The number of methoxy groups -OCH3 is 1. The molecule has 0 aliphatic rings. The van der Waals surface area contributed by atoms with Crippen LogP contribution in [0, 0.1) is 10.1 Å². The number of nitrogens with zero attached hydrogens (tertiary/aromatic N) is 3. The zero-order valence-corrected chi connectivity index (χ0v) is 16.3. The third-order valence-corrected chi connectivity index (χ3v) is 4.13. The number of nitro groups is 1. The summed E-state index contributed by atoms with van der Waals surface area (Å²) in [6, 6.07) is 7.34. The third kappa shape index (κ3) is 5.22. The third-order valence-electron chi connectivity index (χ3n) is 3.82. The summed E-state index contributed by atoms with van der Waals surface area (Å²) in [5.74, 6) is -0.966. The highest BCUT2D eigenvalue weighted by molar-refractivity contribution is 6.33. The molecule has 0 fully saturated rings. The molecule has 1 aromatic heterocycles. The van der Waals surface area contributed by atoms with Gasteiger partial charge < -0.3 is 18.7 Å². The Balaban J connectivity index is 1.69. The highest BCUT2D eigenvalue weighted by Gasteiger charge is 2.19. The number of alkyl halides is 2. The SMILES string of the molecule is COc1cc(-c2noc(COC(=O)c3ccc([N+](=O)[O-])cc3Cl)n2)ccc1OC(F)F. The van der Waals surface area contributed by atoms with Crippen molar-refractivity contribution in [3.05, 3.63) is 63.0 Å². The van der Waals surface area contributed by atoms with Crippen molar-refractivity contribution in [2.75, 3.05) is 7.11 Å². The van der Waals surface area contributed by atoms with E-state index in [0.717, 1.165) is 18.2 Å². The van der Waals surface area contributed by atoms with Crippen molar-refractivity contribution >= 4 is 23.3 Å².